The number of hydrogen-bond donors (Lipinski definition) is 2. The van der Waals surface area contributed by atoms with Gasteiger partial charge in [-0.3, -0.25) is 4.79 Å². The second-order valence-corrected chi connectivity index (χ2v) is 7.31. The van der Waals surface area contributed by atoms with Gasteiger partial charge in [0, 0.05) is 11.6 Å². The van der Waals surface area contributed by atoms with Gasteiger partial charge < -0.3 is 5.32 Å². The van der Waals surface area contributed by atoms with Gasteiger partial charge in [-0.1, -0.05) is 6.07 Å². The lowest BCUT2D eigenvalue weighted by molar-refractivity contribution is 0.102. The Kier molecular flexibility index (Phi) is 4.53. The predicted molar refractivity (Wildman–Crippen MR) is 84.1 cm³/mol. The molecule has 3 rings (SSSR count). The highest BCUT2D eigenvalue weighted by Crippen LogP contribution is 2.23. The van der Waals surface area contributed by atoms with Crippen LogP contribution in [-0.2, 0) is 10.0 Å². The standard InChI is InChI=1S/C16H13F3N2O3S/c17-12-6-7-13(15(19)14(12)18)20-16(22)9-2-1-3-11(8-9)25(23,24)21-10-4-5-10/h1-3,6-8,10,21H,4-5H2,(H,20,22). The van der Waals surface area contributed by atoms with Crippen LogP contribution in [0.3, 0.4) is 0 Å². The first-order chi connectivity index (χ1) is 11.8. The Morgan fingerprint density at radius 1 is 1.04 bits per heavy atom. The maximum absolute atomic E-state index is 13.6. The predicted octanol–water partition coefficient (Wildman–Crippen LogP) is 2.80. The van der Waals surface area contributed by atoms with Gasteiger partial charge in [0.25, 0.3) is 5.91 Å². The molecule has 1 amide bonds. The van der Waals surface area contributed by atoms with Crippen molar-refractivity contribution in [1.82, 2.24) is 4.72 Å². The zero-order valence-corrected chi connectivity index (χ0v) is 13.5. The van der Waals surface area contributed by atoms with Gasteiger partial charge in [0.2, 0.25) is 10.0 Å². The normalized spacial score (nSPS) is 14.4. The highest BCUT2D eigenvalue weighted by molar-refractivity contribution is 7.89. The Morgan fingerprint density at radius 3 is 2.44 bits per heavy atom. The van der Waals surface area contributed by atoms with Gasteiger partial charge in [-0.05, 0) is 43.2 Å². The average Bonchev–Trinajstić information content (AvgIpc) is 3.39. The number of halogens is 3. The van der Waals surface area contributed by atoms with E-state index < -0.39 is 39.1 Å². The number of amides is 1. The second kappa shape index (κ2) is 6.49. The number of sulfonamides is 1. The summed E-state index contributed by atoms with van der Waals surface area (Å²) >= 11 is 0. The Balaban J connectivity index is 1.83. The Labute approximate surface area is 141 Å². The molecule has 0 aromatic heterocycles. The first kappa shape index (κ1) is 17.4. The lowest BCUT2D eigenvalue weighted by Crippen LogP contribution is -2.26. The van der Waals surface area contributed by atoms with E-state index >= 15 is 0 Å². The lowest BCUT2D eigenvalue weighted by Gasteiger charge is -2.09. The van der Waals surface area contributed by atoms with E-state index in [2.05, 4.69) is 10.0 Å². The quantitative estimate of drug-likeness (QED) is 0.795. The van der Waals surface area contributed by atoms with E-state index in [4.69, 9.17) is 0 Å². The fourth-order valence-electron chi connectivity index (χ4n) is 2.11. The number of hydrogen-bond acceptors (Lipinski definition) is 3. The molecular formula is C16H13F3N2O3S. The van der Waals surface area contributed by atoms with Crippen LogP contribution in [0.4, 0.5) is 18.9 Å². The van der Waals surface area contributed by atoms with Crippen LogP contribution in [0, 0.1) is 17.5 Å². The molecule has 0 saturated heterocycles. The molecule has 2 N–H and O–H groups in total. The van der Waals surface area contributed by atoms with Gasteiger partial charge in [0.1, 0.15) is 0 Å². The van der Waals surface area contributed by atoms with E-state index in [0.29, 0.717) is 6.07 Å². The topological polar surface area (TPSA) is 75.3 Å². The summed E-state index contributed by atoms with van der Waals surface area (Å²) in [6.45, 7) is 0. The molecule has 2 aromatic carbocycles. The van der Waals surface area contributed by atoms with E-state index in [1.807, 2.05) is 0 Å². The van der Waals surface area contributed by atoms with Crippen molar-refractivity contribution >= 4 is 21.6 Å². The summed E-state index contributed by atoms with van der Waals surface area (Å²) in [6.07, 6.45) is 1.52. The van der Waals surface area contributed by atoms with Crippen molar-refractivity contribution in [3.8, 4) is 0 Å². The number of anilines is 1. The first-order valence-corrected chi connectivity index (χ1v) is 8.83. The van der Waals surface area contributed by atoms with Crippen molar-refractivity contribution in [3.05, 3.63) is 59.4 Å². The van der Waals surface area contributed by atoms with Crippen LogP contribution in [0.2, 0.25) is 0 Å². The molecule has 0 unspecified atom stereocenters. The van der Waals surface area contributed by atoms with Crippen LogP contribution in [0.15, 0.2) is 41.3 Å². The largest absolute Gasteiger partial charge is 0.319 e. The molecule has 25 heavy (non-hydrogen) atoms. The minimum Gasteiger partial charge on any atom is -0.319 e. The molecule has 0 spiro atoms. The van der Waals surface area contributed by atoms with Gasteiger partial charge in [-0.2, -0.15) is 0 Å². The molecule has 0 radical (unpaired) electrons. The number of benzene rings is 2. The van der Waals surface area contributed by atoms with E-state index in [0.717, 1.165) is 25.0 Å². The number of nitrogens with one attached hydrogen (secondary N) is 2. The summed E-state index contributed by atoms with van der Waals surface area (Å²) in [7, 11) is -3.76. The maximum atomic E-state index is 13.6. The third kappa shape index (κ3) is 3.83. The Bertz CT molecular complexity index is 944. The van der Waals surface area contributed by atoms with Crippen molar-refractivity contribution in [2.24, 2.45) is 0 Å². The van der Waals surface area contributed by atoms with Crippen LogP contribution < -0.4 is 10.0 Å². The molecule has 5 nitrogen and oxygen atoms in total. The van der Waals surface area contributed by atoms with Gasteiger partial charge in [0.15, 0.2) is 17.5 Å². The maximum Gasteiger partial charge on any atom is 0.255 e. The molecule has 9 heteroatoms. The monoisotopic (exact) mass is 370 g/mol. The molecule has 1 fully saturated rings. The molecule has 1 aliphatic carbocycles. The molecule has 2 aromatic rings. The van der Waals surface area contributed by atoms with Crippen LogP contribution in [0.5, 0.6) is 0 Å². The first-order valence-electron chi connectivity index (χ1n) is 7.35. The minimum atomic E-state index is -3.76. The number of rotatable bonds is 5. The third-order valence-corrected chi connectivity index (χ3v) is 5.11. The zero-order valence-electron chi connectivity index (χ0n) is 12.7. The van der Waals surface area contributed by atoms with Gasteiger partial charge in [0.05, 0.1) is 10.6 Å². The van der Waals surface area contributed by atoms with Gasteiger partial charge in [-0.15, -0.1) is 0 Å². The highest BCUT2D eigenvalue weighted by atomic mass is 32.2. The van der Waals surface area contributed by atoms with Crippen molar-refractivity contribution in [3.63, 3.8) is 0 Å². The summed E-state index contributed by atoms with van der Waals surface area (Å²) < 4.78 is 66.5. The summed E-state index contributed by atoms with van der Waals surface area (Å²) in [4.78, 5) is 12.1. The Hall–Kier alpha value is -2.39. The number of carbonyl (C=O) groups excluding carboxylic acids is 1. The SMILES string of the molecule is O=C(Nc1ccc(F)c(F)c1F)c1cccc(S(=O)(=O)NC2CC2)c1. The molecule has 1 aliphatic rings. The van der Waals surface area contributed by atoms with E-state index in [1.165, 1.54) is 18.2 Å². The summed E-state index contributed by atoms with van der Waals surface area (Å²) in [5, 5.41) is 2.09. The third-order valence-electron chi connectivity index (χ3n) is 3.59. The van der Waals surface area contributed by atoms with Crippen molar-refractivity contribution in [2.45, 2.75) is 23.8 Å². The molecule has 0 aliphatic heterocycles. The van der Waals surface area contributed by atoms with Crippen LogP contribution in [0.25, 0.3) is 0 Å². The summed E-state index contributed by atoms with van der Waals surface area (Å²) in [5.74, 6) is -5.47. The van der Waals surface area contributed by atoms with Crippen molar-refractivity contribution in [1.29, 1.82) is 0 Å². The van der Waals surface area contributed by atoms with Gasteiger partial charge in [-0.25, -0.2) is 26.3 Å². The lowest BCUT2D eigenvalue weighted by atomic mass is 10.2. The molecular weight excluding hydrogens is 357 g/mol. The smallest absolute Gasteiger partial charge is 0.255 e. The average molecular weight is 370 g/mol. The molecule has 0 bridgehead atoms. The fraction of sp³-hybridized carbons (Fsp3) is 0.188. The molecule has 132 valence electrons. The van der Waals surface area contributed by atoms with E-state index in [1.54, 1.807) is 0 Å². The molecule has 0 atom stereocenters. The van der Waals surface area contributed by atoms with Crippen LogP contribution in [0.1, 0.15) is 23.2 Å². The number of carbonyl (C=O) groups is 1. The summed E-state index contributed by atoms with van der Waals surface area (Å²) in [6, 6.07) is 6.58. The van der Waals surface area contributed by atoms with Gasteiger partial charge >= 0.3 is 0 Å². The minimum absolute atomic E-state index is 0.0668. The van der Waals surface area contributed by atoms with Crippen LogP contribution in [-0.4, -0.2) is 20.4 Å². The van der Waals surface area contributed by atoms with Crippen LogP contribution >= 0.6 is 0 Å². The molecule has 1 saturated carbocycles. The second-order valence-electron chi connectivity index (χ2n) is 5.60. The Morgan fingerprint density at radius 2 is 1.76 bits per heavy atom. The van der Waals surface area contributed by atoms with E-state index in [9.17, 15) is 26.4 Å². The van der Waals surface area contributed by atoms with Crippen molar-refractivity contribution < 1.29 is 26.4 Å². The molecule has 0 heterocycles. The summed E-state index contributed by atoms with van der Waals surface area (Å²) in [5.41, 5.74) is -0.615. The fourth-order valence-corrected chi connectivity index (χ4v) is 3.46. The van der Waals surface area contributed by atoms with E-state index in [-0.39, 0.29) is 16.5 Å². The van der Waals surface area contributed by atoms with Crippen molar-refractivity contribution in [2.75, 3.05) is 5.32 Å². The zero-order chi connectivity index (χ0) is 18.2. The highest BCUT2D eigenvalue weighted by Gasteiger charge is 2.28.